The molecule has 1 aliphatic rings. The third-order valence-electron chi connectivity index (χ3n) is 4.30. The van der Waals surface area contributed by atoms with Gasteiger partial charge in [-0.15, -0.1) is 0 Å². The first-order valence-corrected chi connectivity index (χ1v) is 10.4. The van der Waals surface area contributed by atoms with Gasteiger partial charge in [-0.2, -0.15) is 0 Å². The second-order valence-corrected chi connectivity index (χ2v) is 8.82. The Morgan fingerprint density at radius 2 is 1.93 bits per heavy atom. The number of rotatable bonds is 3. The fraction of sp³-hybridized carbons (Fsp3) is 0.294. The average molecular weight is 422 g/mol. The molecule has 0 amide bonds. The van der Waals surface area contributed by atoms with Gasteiger partial charge in [0, 0.05) is 24.9 Å². The Balaban J connectivity index is 1.92. The summed E-state index contributed by atoms with van der Waals surface area (Å²) >= 11 is 9.08. The first-order valence-electron chi connectivity index (χ1n) is 8.21. The van der Waals surface area contributed by atoms with Gasteiger partial charge >= 0.3 is 5.69 Å². The van der Waals surface area contributed by atoms with Crippen molar-refractivity contribution in [2.45, 2.75) is 11.7 Å². The molecule has 0 bridgehead atoms. The molecule has 0 saturated heterocycles. The minimum Gasteiger partial charge on any atom is -0.308 e. The highest BCUT2D eigenvalue weighted by Crippen LogP contribution is 2.30. The van der Waals surface area contributed by atoms with E-state index in [-0.39, 0.29) is 5.56 Å². The van der Waals surface area contributed by atoms with Gasteiger partial charge in [-0.3, -0.25) is 18.9 Å². The summed E-state index contributed by atoms with van der Waals surface area (Å²) in [5.41, 5.74) is 1.01. The molecule has 0 radical (unpaired) electrons. The van der Waals surface area contributed by atoms with Crippen LogP contribution in [-0.2, 0) is 20.6 Å². The van der Waals surface area contributed by atoms with E-state index in [1.807, 2.05) is 28.8 Å². The maximum absolute atomic E-state index is 12.8. The lowest BCUT2D eigenvalue weighted by Crippen LogP contribution is -2.37. The topological polar surface area (TPSA) is 74.2 Å². The molecule has 1 aliphatic heterocycles. The molecule has 2 aromatic heterocycles. The van der Waals surface area contributed by atoms with Gasteiger partial charge in [0.1, 0.15) is 4.38 Å². The number of aliphatic imine (C=N–C) groups is 1. The Morgan fingerprint density at radius 1 is 1.19 bits per heavy atom. The molecule has 0 atom stereocenters. The zero-order chi connectivity index (χ0) is 19.1. The van der Waals surface area contributed by atoms with Crippen LogP contribution >= 0.6 is 35.1 Å². The van der Waals surface area contributed by atoms with E-state index in [0.29, 0.717) is 27.9 Å². The first kappa shape index (κ1) is 18.4. The van der Waals surface area contributed by atoms with Gasteiger partial charge < -0.3 is 4.57 Å². The summed E-state index contributed by atoms with van der Waals surface area (Å²) in [4.78, 5) is 34.2. The Bertz CT molecular complexity index is 1180. The van der Waals surface area contributed by atoms with Gasteiger partial charge in [-0.25, -0.2) is 9.78 Å². The Morgan fingerprint density at radius 3 is 2.59 bits per heavy atom. The zero-order valence-corrected chi connectivity index (χ0v) is 17.1. The predicted molar refractivity (Wildman–Crippen MR) is 111 cm³/mol. The molecule has 1 aromatic carbocycles. The van der Waals surface area contributed by atoms with Crippen molar-refractivity contribution in [1.82, 2.24) is 18.7 Å². The largest absolute Gasteiger partial charge is 0.332 e. The number of imidazole rings is 1. The van der Waals surface area contributed by atoms with E-state index < -0.39 is 5.69 Å². The van der Waals surface area contributed by atoms with Crippen molar-refractivity contribution in [1.29, 1.82) is 0 Å². The number of thioether (sulfide) groups is 2. The fourth-order valence-corrected chi connectivity index (χ4v) is 4.96. The monoisotopic (exact) mass is 421 g/mol. The maximum Gasteiger partial charge on any atom is 0.332 e. The van der Waals surface area contributed by atoms with Gasteiger partial charge in [-0.05, 0) is 29.5 Å². The molecule has 3 heterocycles. The maximum atomic E-state index is 12.8. The van der Waals surface area contributed by atoms with E-state index in [0.717, 1.165) is 26.8 Å². The van der Waals surface area contributed by atoms with Gasteiger partial charge in [-0.1, -0.05) is 35.5 Å². The highest BCUT2D eigenvalue weighted by Gasteiger charge is 2.22. The van der Waals surface area contributed by atoms with E-state index in [1.54, 1.807) is 18.8 Å². The molecular weight excluding hydrogens is 406 g/mol. The molecule has 0 unspecified atom stereocenters. The predicted octanol–water partition coefficient (Wildman–Crippen LogP) is 2.33. The van der Waals surface area contributed by atoms with Crippen LogP contribution in [0.25, 0.3) is 11.2 Å². The Labute approximate surface area is 168 Å². The summed E-state index contributed by atoms with van der Waals surface area (Å²) < 4.78 is 5.29. The van der Waals surface area contributed by atoms with Crippen LogP contribution in [0.15, 0.2) is 44.0 Å². The summed E-state index contributed by atoms with van der Waals surface area (Å²) in [5, 5.41) is 1.30. The number of halogens is 1. The van der Waals surface area contributed by atoms with Gasteiger partial charge in [0.2, 0.25) is 0 Å². The molecule has 4 rings (SSSR count). The second kappa shape index (κ2) is 7.21. The molecule has 3 aromatic rings. The van der Waals surface area contributed by atoms with Crippen molar-refractivity contribution in [3.8, 4) is 0 Å². The van der Waals surface area contributed by atoms with Crippen molar-refractivity contribution < 1.29 is 0 Å². The number of fused-ring (bicyclic) bond motifs is 1. The van der Waals surface area contributed by atoms with Crippen LogP contribution < -0.4 is 11.2 Å². The third-order valence-corrected chi connectivity index (χ3v) is 6.72. The summed E-state index contributed by atoms with van der Waals surface area (Å²) in [6, 6.07) is 7.45. The molecule has 0 N–H and O–H groups in total. The van der Waals surface area contributed by atoms with Crippen LogP contribution in [0, 0.1) is 0 Å². The first-order chi connectivity index (χ1) is 13.0. The van der Waals surface area contributed by atoms with Crippen LogP contribution in [0.4, 0.5) is 0 Å². The number of aryl methyl sites for hydroxylation is 1. The van der Waals surface area contributed by atoms with Crippen LogP contribution in [-0.4, -0.2) is 35.4 Å². The molecular formula is C17H16ClN5O2S2. The minimum atomic E-state index is -0.396. The highest BCUT2D eigenvalue weighted by molar-refractivity contribution is 8.39. The van der Waals surface area contributed by atoms with E-state index in [2.05, 4.69) is 9.98 Å². The molecule has 0 spiro atoms. The number of aromatic nitrogens is 4. The Kier molecular flexibility index (Phi) is 4.92. The quantitative estimate of drug-likeness (QED) is 0.648. The van der Waals surface area contributed by atoms with E-state index >= 15 is 0 Å². The number of hydrogen-bond donors (Lipinski definition) is 0. The van der Waals surface area contributed by atoms with E-state index in [9.17, 15) is 9.59 Å². The van der Waals surface area contributed by atoms with Crippen LogP contribution in [0.3, 0.4) is 0 Å². The summed E-state index contributed by atoms with van der Waals surface area (Å²) in [6.45, 7) is 1.23. The van der Waals surface area contributed by atoms with Gasteiger partial charge in [0.25, 0.3) is 5.56 Å². The van der Waals surface area contributed by atoms with Crippen molar-refractivity contribution >= 4 is 50.7 Å². The molecule has 10 heteroatoms. The van der Waals surface area contributed by atoms with E-state index in [4.69, 9.17) is 11.6 Å². The number of benzene rings is 1. The van der Waals surface area contributed by atoms with Gasteiger partial charge in [0.05, 0.1) is 13.1 Å². The fourth-order valence-electron chi connectivity index (χ4n) is 2.88. The Hall–Kier alpha value is -1.97. The smallest absolute Gasteiger partial charge is 0.308 e. The number of hydrogen-bond acceptors (Lipinski definition) is 6. The zero-order valence-electron chi connectivity index (χ0n) is 14.7. The summed E-state index contributed by atoms with van der Waals surface area (Å²) in [7, 11) is 3.10. The summed E-state index contributed by atoms with van der Waals surface area (Å²) in [5.74, 6) is 0.944. The molecule has 0 saturated carbocycles. The molecule has 140 valence electrons. The highest BCUT2D eigenvalue weighted by atomic mass is 35.5. The lowest BCUT2D eigenvalue weighted by Gasteiger charge is -2.09. The molecule has 0 aliphatic carbocycles. The second-order valence-electron chi connectivity index (χ2n) is 6.08. The van der Waals surface area contributed by atoms with Crippen LogP contribution in [0.5, 0.6) is 0 Å². The average Bonchev–Trinajstić information content (AvgIpc) is 3.29. The van der Waals surface area contributed by atoms with Crippen LogP contribution in [0.2, 0.25) is 5.02 Å². The molecule has 0 fully saturated rings. The third kappa shape index (κ3) is 3.35. The summed E-state index contributed by atoms with van der Waals surface area (Å²) in [6.07, 6.45) is 0. The van der Waals surface area contributed by atoms with Crippen molar-refractivity contribution in [2.24, 2.45) is 19.1 Å². The molecule has 27 heavy (non-hydrogen) atoms. The van der Waals surface area contributed by atoms with Gasteiger partial charge in [0.15, 0.2) is 16.3 Å². The van der Waals surface area contributed by atoms with Crippen molar-refractivity contribution in [3.63, 3.8) is 0 Å². The normalized spacial score (nSPS) is 14.1. The lowest BCUT2D eigenvalue weighted by molar-refractivity contribution is 0.697. The SMILES string of the molecule is Cn1c(=O)c2c(nc(SC3=NCCS3)n2Cc2ccc(Cl)cc2)n(C)c1=O. The van der Waals surface area contributed by atoms with E-state index in [1.165, 1.54) is 23.4 Å². The van der Waals surface area contributed by atoms with Crippen molar-refractivity contribution in [2.75, 3.05) is 12.3 Å². The standard InChI is InChI=1S/C17H16ClN5O2S2/c1-21-13-12(14(24)22(2)17(21)25)23(9-10-3-5-11(18)6-4-10)15(20-13)27-16-19-7-8-26-16/h3-6H,7-9H2,1-2H3. The minimum absolute atomic E-state index is 0.359. The molecule has 7 nitrogen and oxygen atoms in total. The lowest BCUT2D eigenvalue weighted by atomic mass is 10.2. The number of nitrogens with zero attached hydrogens (tertiary/aromatic N) is 5. The van der Waals surface area contributed by atoms with Crippen molar-refractivity contribution in [3.05, 3.63) is 55.7 Å². The van der Waals surface area contributed by atoms with Crippen LogP contribution in [0.1, 0.15) is 5.56 Å².